The van der Waals surface area contributed by atoms with E-state index in [0.717, 1.165) is 18.4 Å². The SMILES string of the molecule is Cc1ccc(NC(=O)OC2CC(CN)C2)cc1Cl. The highest BCUT2D eigenvalue weighted by Crippen LogP contribution is 2.29. The maximum atomic E-state index is 11.6. The fourth-order valence-electron chi connectivity index (χ4n) is 1.93. The zero-order valence-corrected chi connectivity index (χ0v) is 11.0. The molecule has 3 N–H and O–H groups in total. The molecule has 2 rings (SSSR count). The van der Waals surface area contributed by atoms with Crippen LogP contribution in [0, 0.1) is 12.8 Å². The molecule has 1 aromatic carbocycles. The summed E-state index contributed by atoms with van der Waals surface area (Å²) in [5.41, 5.74) is 7.13. The van der Waals surface area contributed by atoms with Gasteiger partial charge in [-0.15, -0.1) is 0 Å². The molecule has 0 spiro atoms. The Morgan fingerprint density at radius 1 is 1.56 bits per heavy atom. The summed E-state index contributed by atoms with van der Waals surface area (Å²) in [7, 11) is 0. The van der Waals surface area contributed by atoms with Gasteiger partial charge in [-0.05, 0) is 49.9 Å². The van der Waals surface area contributed by atoms with Crippen molar-refractivity contribution in [3.8, 4) is 0 Å². The second-order valence-electron chi connectivity index (χ2n) is 4.69. The molecule has 5 heteroatoms. The van der Waals surface area contributed by atoms with Gasteiger partial charge in [0.25, 0.3) is 0 Å². The molecule has 1 fully saturated rings. The van der Waals surface area contributed by atoms with Crippen molar-refractivity contribution in [1.82, 2.24) is 0 Å². The van der Waals surface area contributed by atoms with Crippen LogP contribution in [0.1, 0.15) is 18.4 Å². The molecule has 98 valence electrons. The predicted octanol–water partition coefficient (Wildman–Crippen LogP) is 2.93. The molecule has 0 heterocycles. The first-order valence-electron chi connectivity index (χ1n) is 6.02. The first-order valence-corrected chi connectivity index (χ1v) is 6.40. The van der Waals surface area contributed by atoms with Crippen molar-refractivity contribution >= 4 is 23.4 Å². The van der Waals surface area contributed by atoms with Crippen molar-refractivity contribution in [2.24, 2.45) is 11.7 Å². The molecule has 1 saturated carbocycles. The zero-order valence-electron chi connectivity index (χ0n) is 10.3. The van der Waals surface area contributed by atoms with Gasteiger partial charge in [0.2, 0.25) is 0 Å². The maximum Gasteiger partial charge on any atom is 0.411 e. The Morgan fingerprint density at radius 3 is 2.89 bits per heavy atom. The Hall–Kier alpha value is -1.26. The third-order valence-corrected chi connectivity index (χ3v) is 3.62. The van der Waals surface area contributed by atoms with Gasteiger partial charge in [-0.2, -0.15) is 0 Å². The molecular weight excluding hydrogens is 252 g/mol. The number of hydrogen-bond donors (Lipinski definition) is 2. The molecule has 0 atom stereocenters. The van der Waals surface area contributed by atoms with Crippen LogP contribution in [0.5, 0.6) is 0 Å². The number of halogens is 1. The summed E-state index contributed by atoms with van der Waals surface area (Å²) < 4.78 is 5.24. The molecular formula is C13H17ClN2O2. The molecule has 0 radical (unpaired) electrons. The number of aryl methyl sites for hydroxylation is 1. The summed E-state index contributed by atoms with van der Waals surface area (Å²) in [5, 5.41) is 3.29. The second-order valence-corrected chi connectivity index (χ2v) is 5.10. The lowest BCUT2D eigenvalue weighted by molar-refractivity contribution is 0.0278. The number of rotatable bonds is 3. The highest BCUT2D eigenvalue weighted by Gasteiger charge is 2.30. The fourth-order valence-corrected chi connectivity index (χ4v) is 2.11. The number of nitrogens with two attached hydrogens (primary N) is 1. The summed E-state index contributed by atoms with van der Waals surface area (Å²) in [6.45, 7) is 2.57. The molecule has 1 aliphatic carbocycles. The normalized spacial score (nSPS) is 22.2. The quantitative estimate of drug-likeness (QED) is 0.886. The smallest absolute Gasteiger partial charge is 0.411 e. The highest BCUT2D eigenvalue weighted by atomic mass is 35.5. The van der Waals surface area contributed by atoms with E-state index in [1.807, 2.05) is 13.0 Å². The Kier molecular flexibility index (Phi) is 4.09. The molecule has 0 unspecified atom stereocenters. The minimum absolute atomic E-state index is 0.000490. The van der Waals surface area contributed by atoms with Crippen molar-refractivity contribution in [2.75, 3.05) is 11.9 Å². The van der Waals surface area contributed by atoms with Crippen LogP contribution >= 0.6 is 11.6 Å². The Balaban J connectivity index is 1.82. The number of ether oxygens (including phenoxy) is 1. The van der Waals surface area contributed by atoms with Gasteiger partial charge >= 0.3 is 6.09 Å². The van der Waals surface area contributed by atoms with Crippen molar-refractivity contribution in [2.45, 2.75) is 25.9 Å². The molecule has 1 aliphatic rings. The van der Waals surface area contributed by atoms with Crippen LogP contribution < -0.4 is 11.1 Å². The minimum atomic E-state index is -0.435. The van der Waals surface area contributed by atoms with Gasteiger partial charge in [-0.3, -0.25) is 5.32 Å². The van der Waals surface area contributed by atoms with Crippen LogP contribution in [-0.4, -0.2) is 18.7 Å². The van der Waals surface area contributed by atoms with Crippen molar-refractivity contribution in [3.63, 3.8) is 0 Å². The predicted molar refractivity (Wildman–Crippen MR) is 71.9 cm³/mol. The highest BCUT2D eigenvalue weighted by molar-refractivity contribution is 6.31. The molecule has 0 saturated heterocycles. The van der Waals surface area contributed by atoms with Crippen molar-refractivity contribution in [1.29, 1.82) is 0 Å². The van der Waals surface area contributed by atoms with Gasteiger partial charge in [-0.25, -0.2) is 4.79 Å². The lowest BCUT2D eigenvalue weighted by Gasteiger charge is -2.33. The van der Waals surface area contributed by atoms with Gasteiger partial charge in [0.05, 0.1) is 0 Å². The first-order chi connectivity index (χ1) is 8.58. The summed E-state index contributed by atoms with van der Waals surface area (Å²) in [6, 6.07) is 5.36. The third-order valence-electron chi connectivity index (χ3n) is 3.22. The van der Waals surface area contributed by atoms with Gasteiger partial charge in [-0.1, -0.05) is 17.7 Å². The Bertz CT molecular complexity index is 445. The average molecular weight is 269 g/mol. The lowest BCUT2D eigenvalue weighted by Crippen LogP contribution is -2.38. The summed E-state index contributed by atoms with van der Waals surface area (Å²) in [6.07, 6.45) is 1.28. The van der Waals surface area contributed by atoms with Crippen molar-refractivity contribution in [3.05, 3.63) is 28.8 Å². The van der Waals surface area contributed by atoms with E-state index in [-0.39, 0.29) is 6.10 Å². The minimum Gasteiger partial charge on any atom is -0.446 e. The van der Waals surface area contributed by atoms with Crippen molar-refractivity contribution < 1.29 is 9.53 Å². The molecule has 18 heavy (non-hydrogen) atoms. The van der Waals surface area contributed by atoms with E-state index >= 15 is 0 Å². The van der Waals surface area contributed by atoms with Gasteiger partial charge in [0.15, 0.2) is 0 Å². The molecule has 4 nitrogen and oxygen atoms in total. The number of carbonyl (C=O) groups is 1. The van der Waals surface area contributed by atoms with E-state index in [1.165, 1.54) is 0 Å². The number of hydrogen-bond acceptors (Lipinski definition) is 3. The maximum absolute atomic E-state index is 11.6. The van der Waals surface area contributed by atoms with E-state index in [0.29, 0.717) is 23.2 Å². The van der Waals surface area contributed by atoms with E-state index in [4.69, 9.17) is 22.1 Å². The van der Waals surface area contributed by atoms with Gasteiger partial charge in [0.1, 0.15) is 6.10 Å². The first kappa shape index (κ1) is 13.2. The second kappa shape index (κ2) is 5.59. The van der Waals surface area contributed by atoms with Crippen LogP contribution in [-0.2, 0) is 4.74 Å². The zero-order chi connectivity index (χ0) is 13.1. The third kappa shape index (κ3) is 3.15. The van der Waals surface area contributed by atoms with Gasteiger partial charge < -0.3 is 10.5 Å². The summed E-state index contributed by atoms with van der Waals surface area (Å²) in [5.74, 6) is 0.497. The lowest BCUT2D eigenvalue weighted by atomic mass is 9.82. The standard InChI is InChI=1S/C13H17ClN2O2/c1-8-2-3-10(6-12(8)14)16-13(17)18-11-4-9(5-11)7-15/h2-3,6,9,11H,4-5,7,15H2,1H3,(H,16,17). The average Bonchev–Trinajstić information content (AvgIpc) is 2.28. The van der Waals surface area contributed by atoms with Gasteiger partial charge in [0, 0.05) is 10.7 Å². The fraction of sp³-hybridized carbons (Fsp3) is 0.462. The number of benzene rings is 1. The summed E-state index contributed by atoms with van der Waals surface area (Å²) >= 11 is 5.97. The number of anilines is 1. The molecule has 0 aromatic heterocycles. The van der Waals surface area contributed by atoms with E-state index < -0.39 is 6.09 Å². The molecule has 1 aromatic rings. The largest absolute Gasteiger partial charge is 0.446 e. The van der Waals surface area contributed by atoms with Crippen LogP contribution in [0.4, 0.5) is 10.5 Å². The number of nitrogens with one attached hydrogen (secondary N) is 1. The van der Waals surface area contributed by atoms with E-state index in [1.54, 1.807) is 12.1 Å². The Labute approximate surface area is 111 Å². The van der Waals surface area contributed by atoms with Crippen LogP contribution in [0.25, 0.3) is 0 Å². The van der Waals surface area contributed by atoms with E-state index in [9.17, 15) is 4.79 Å². The Morgan fingerprint density at radius 2 is 2.28 bits per heavy atom. The van der Waals surface area contributed by atoms with Crippen LogP contribution in [0.2, 0.25) is 5.02 Å². The van der Waals surface area contributed by atoms with E-state index in [2.05, 4.69) is 5.32 Å². The molecule has 0 aliphatic heterocycles. The monoisotopic (exact) mass is 268 g/mol. The number of carbonyl (C=O) groups excluding carboxylic acids is 1. The van der Waals surface area contributed by atoms with Crippen LogP contribution in [0.15, 0.2) is 18.2 Å². The molecule has 1 amide bonds. The topological polar surface area (TPSA) is 64.3 Å². The number of amides is 1. The summed E-state index contributed by atoms with van der Waals surface area (Å²) in [4.78, 5) is 11.6. The van der Waals surface area contributed by atoms with Crippen LogP contribution in [0.3, 0.4) is 0 Å². The molecule has 0 bridgehead atoms.